The van der Waals surface area contributed by atoms with E-state index in [-0.39, 0.29) is 51.3 Å². The number of carbonyl (C=O) groups is 3. The van der Waals surface area contributed by atoms with Crippen LogP contribution >= 0.6 is 0 Å². The fourth-order valence-corrected chi connectivity index (χ4v) is 5.97. The second-order valence-corrected chi connectivity index (χ2v) is 15.2. The highest BCUT2D eigenvalue weighted by atomic mass is 16.7. The Kier molecular flexibility index (Phi) is 28.0. The Morgan fingerprint density at radius 1 is 0.490 bits per heavy atom. The van der Waals surface area contributed by atoms with E-state index in [2.05, 4.69) is 55.4 Å². The summed E-state index contributed by atoms with van der Waals surface area (Å²) in [4.78, 5) is 38.3. The molecule has 49 heavy (non-hydrogen) atoms. The molecular weight excluding hydrogens is 620 g/mol. The van der Waals surface area contributed by atoms with Gasteiger partial charge in [-0.15, -0.1) is 0 Å². The van der Waals surface area contributed by atoms with E-state index in [0.29, 0.717) is 11.8 Å². The summed E-state index contributed by atoms with van der Waals surface area (Å²) in [6.45, 7) is 22.2. The first-order valence-corrected chi connectivity index (χ1v) is 20.1. The maximum absolute atomic E-state index is 13.5. The number of esters is 3. The molecule has 0 N–H and O–H groups in total. The molecule has 0 aromatic rings. The predicted molar refractivity (Wildman–Crippen MR) is 199 cm³/mol. The third-order valence-corrected chi connectivity index (χ3v) is 10.0. The number of hydrogen-bond acceptors (Lipinski definition) is 8. The van der Waals surface area contributed by atoms with E-state index in [1.807, 2.05) is 0 Å². The van der Waals surface area contributed by atoms with Crippen LogP contribution in [0.4, 0.5) is 0 Å². The molecule has 0 aromatic carbocycles. The van der Waals surface area contributed by atoms with E-state index in [4.69, 9.17) is 23.7 Å². The third-order valence-electron chi connectivity index (χ3n) is 10.0. The first-order valence-electron chi connectivity index (χ1n) is 20.1. The number of carbonyl (C=O) groups excluding carboxylic acids is 3. The summed E-state index contributed by atoms with van der Waals surface area (Å²) in [6, 6.07) is 0. The Bertz CT molecular complexity index is 807. The highest BCUT2D eigenvalue weighted by molar-refractivity contribution is 5.84. The average molecular weight is 699 g/mol. The fraction of sp³-hybridized carbons (Fsp3) is 0.927. The lowest BCUT2D eigenvalue weighted by Gasteiger charge is -2.32. The van der Waals surface area contributed by atoms with Crippen LogP contribution in [0.3, 0.4) is 0 Å². The predicted octanol–water partition coefficient (Wildman–Crippen LogP) is 10.5. The second kappa shape index (κ2) is 29.0. The van der Waals surface area contributed by atoms with Crippen LogP contribution in [0.2, 0.25) is 0 Å². The smallest absolute Gasteiger partial charge is 0.367 e. The minimum absolute atomic E-state index is 0.0616. The van der Waals surface area contributed by atoms with Crippen LogP contribution in [0.1, 0.15) is 172 Å². The van der Waals surface area contributed by atoms with Crippen LogP contribution < -0.4 is 0 Å². The van der Waals surface area contributed by atoms with E-state index in [1.165, 1.54) is 51.4 Å². The molecule has 0 aliphatic rings. The Hall–Kier alpha value is -1.67. The summed E-state index contributed by atoms with van der Waals surface area (Å²) in [5.41, 5.74) is 0. The van der Waals surface area contributed by atoms with Crippen LogP contribution in [0.25, 0.3) is 0 Å². The van der Waals surface area contributed by atoms with E-state index in [0.717, 1.165) is 50.4 Å². The van der Waals surface area contributed by atoms with Crippen molar-refractivity contribution in [1.82, 2.24) is 0 Å². The van der Waals surface area contributed by atoms with Gasteiger partial charge < -0.3 is 23.7 Å². The molecule has 0 saturated carbocycles. The molecule has 0 aliphatic carbocycles. The molecule has 8 heteroatoms. The van der Waals surface area contributed by atoms with Crippen molar-refractivity contribution < 1.29 is 38.1 Å². The average Bonchev–Trinajstić information content (AvgIpc) is 3.06. The first kappa shape index (κ1) is 47.3. The molecule has 290 valence electrons. The summed E-state index contributed by atoms with van der Waals surface area (Å²) in [5.74, 6) is -0.507. The van der Waals surface area contributed by atoms with Gasteiger partial charge in [0, 0.05) is 0 Å². The van der Waals surface area contributed by atoms with Gasteiger partial charge in [0.15, 0.2) is 0 Å². The molecule has 0 spiro atoms. The lowest BCUT2D eigenvalue weighted by atomic mass is 9.92. The zero-order valence-corrected chi connectivity index (χ0v) is 33.6. The van der Waals surface area contributed by atoms with Crippen LogP contribution in [-0.2, 0) is 38.1 Å². The zero-order chi connectivity index (χ0) is 37.1. The topological polar surface area (TPSA) is 97.4 Å². The molecular formula is C41H78O8. The van der Waals surface area contributed by atoms with E-state index in [9.17, 15) is 14.4 Å². The Labute approximate surface area is 301 Å². The highest BCUT2D eigenvalue weighted by Gasteiger charge is 2.46. The molecule has 6 unspecified atom stereocenters. The van der Waals surface area contributed by atoms with Gasteiger partial charge in [0.25, 0.3) is 5.79 Å². The molecule has 0 aliphatic heterocycles. The van der Waals surface area contributed by atoms with Crippen molar-refractivity contribution in [2.75, 3.05) is 33.0 Å². The van der Waals surface area contributed by atoms with Crippen LogP contribution in [0.5, 0.6) is 0 Å². The van der Waals surface area contributed by atoms with E-state index in [1.54, 1.807) is 13.8 Å². The monoisotopic (exact) mass is 699 g/mol. The third kappa shape index (κ3) is 24.2. The second-order valence-electron chi connectivity index (χ2n) is 15.2. The van der Waals surface area contributed by atoms with Crippen molar-refractivity contribution in [3.63, 3.8) is 0 Å². The van der Waals surface area contributed by atoms with Crippen molar-refractivity contribution in [3.8, 4) is 0 Å². The van der Waals surface area contributed by atoms with Gasteiger partial charge in [-0.25, -0.2) is 4.79 Å². The van der Waals surface area contributed by atoms with Crippen LogP contribution in [0.15, 0.2) is 0 Å². The SMILES string of the molecule is CCOC(=O)CCOC(=O)CC(OCC(C)CCCC(C)CCCC(C)CC)(OCC(C)CCCC(C)CCCC(C)CC)C(=O)OCC. The first-order chi connectivity index (χ1) is 23.3. The van der Waals surface area contributed by atoms with Gasteiger partial charge in [0.1, 0.15) is 13.0 Å². The molecule has 0 aromatic heterocycles. The quantitative estimate of drug-likeness (QED) is 0.0389. The largest absolute Gasteiger partial charge is 0.466 e. The minimum atomic E-state index is -1.91. The van der Waals surface area contributed by atoms with Gasteiger partial charge in [-0.3, -0.25) is 9.59 Å². The summed E-state index contributed by atoms with van der Waals surface area (Å²) in [6.07, 6.45) is 16.0. The molecule has 0 rings (SSSR count). The lowest BCUT2D eigenvalue weighted by molar-refractivity contribution is -0.258. The van der Waals surface area contributed by atoms with Crippen molar-refractivity contribution in [3.05, 3.63) is 0 Å². The zero-order valence-electron chi connectivity index (χ0n) is 33.6. The number of ether oxygens (including phenoxy) is 5. The number of hydrogen-bond donors (Lipinski definition) is 0. The Morgan fingerprint density at radius 3 is 1.27 bits per heavy atom. The van der Waals surface area contributed by atoms with Gasteiger partial charge in [-0.1, -0.05) is 132 Å². The standard InChI is InChI=1S/C41H78O8/c1-11-32(5)19-15-21-34(7)23-17-25-36(9)30-48-41(40(44)46-14-4,29-39(43)47-28-27-38(42)45-13-3)49-31-37(10)26-18-24-35(8)22-16-20-33(6)12-2/h32-37H,11-31H2,1-10H3. The van der Waals surface area contributed by atoms with Crippen LogP contribution in [-0.4, -0.2) is 56.7 Å². The molecule has 8 nitrogen and oxygen atoms in total. The van der Waals surface area contributed by atoms with Crippen LogP contribution in [0, 0.1) is 35.5 Å². The van der Waals surface area contributed by atoms with E-state index < -0.39 is 30.1 Å². The van der Waals surface area contributed by atoms with Crippen molar-refractivity contribution in [1.29, 1.82) is 0 Å². The highest BCUT2D eigenvalue weighted by Crippen LogP contribution is 2.27. The molecule has 0 saturated heterocycles. The maximum atomic E-state index is 13.5. The van der Waals surface area contributed by atoms with Gasteiger partial charge in [0.05, 0.1) is 32.8 Å². The Balaban J connectivity index is 5.36. The van der Waals surface area contributed by atoms with Gasteiger partial charge in [-0.2, -0.15) is 0 Å². The fourth-order valence-electron chi connectivity index (χ4n) is 5.97. The van der Waals surface area contributed by atoms with Crippen molar-refractivity contribution in [2.24, 2.45) is 35.5 Å². The maximum Gasteiger partial charge on any atom is 0.367 e. The van der Waals surface area contributed by atoms with Gasteiger partial charge in [0.2, 0.25) is 0 Å². The molecule has 0 fully saturated rings. The van der Waals surface area contributed by atoms with Gasteiger partial charge in [-0.05, 0) is 62.2 Å². The molecule has 6 atom stereocenters. The molecule has 0 radical (unpaired) electrons. The van der Waals surface area contributed by atoms with Gasteiger partial charge >= 0.3 is 17.9 Å². The molecule has 0 bridgehead atoms. The summed E-state index contributed by atoms with van der Waals surface area (Å²) >= 11 is 0. The minimum Gasteiger partial charge on any atom is -0.466 e. The summed E-state index contributed by atoms with van der Waals surface area (Å²) in [7, 11) is 0. The normalized spacial score (nSPS) is 16.5. The summed E-state index contributed by atoms with van der Waals surface area (Å²) in [5, 5.41) is 0. The van der Waals surface area contributed by atoms with Crippen molar-refractivity contribution >= 4 is 17.9 Å². The Morgan fingerprint density at radius 2 is 0.878 bits per heavy atom. The molecule has 0 heterocycles. The summed E-state index contributed by atoms with van der Waals surface area (Å²) < 4.78 is 28.3. The molecule has 0 amide bonds. The van der Waals surface area contributed by atoms with Crippen molar-refractivity contribution in [2.45, 2.75) is 178 Å². The lowest BCUT2D eigenvalue weighted by Crippen LogP contribution is -2.49. The number of rotatable bonds is 32. The van der Waals surface area contributed by atoms with E-state index >= 15 is 0 Å².